The first kappa shape index (κ1) is 61.4. The van der Waals surface area contributed by atoms with Crippen molar-refractivity contribution in [3.05, 3.63) is 109 Å². The highest BCUT2D eigenvalue weighted by molar-refractivity contribution is 5.71. The zero-order chi connectivity index (χ0) is 40.2. The summed E-state index contributed by atoms with van der Waals surface area (Å²) in [6.45, 7) is 55.3. The fraction of sp³-hybridized carbons (Fsp3) is 0.551. The molecule has 0 saturated heterocycles. The normalized spacial score (nSPS) is 8.65. The van der Waals surface area contributed by atoms with Crippen LogP contribution in [0.5, 0.6) is 0 Å². The third kappa shape index (κ3) is 39.5. The lowest BCUT2D eigenvalue weighted by molar-refractivity contribution is 0.624. The molecule has 0 aliphatic rings. The van der Waals surface area contributed by atoms with Gasteiger partial charge in [-0.25, -0.2) is 0 Å². The third-order valence-corrected chi connectivity index (χ3v) is 6.31. The van der Waals surface area contributed by atoms with Crippen LogP contribution in [0.4, 0.5) is 0 Å². The summed E-state index contributed by atoms with van der Waals surface area (Å²) in [4.78, 5) is 0. The minimum absolute atomic E-state index is 0.874. The fourth-order valence-electron chi connectivity index (χ4n) is 3.66. The van der Waals surface area contributed by atoms with E-state index in [0.29, 0.717) is 0 Å². The van der Waals surface area contributed by atoms with Gasteiger partial charge in [0.25, 0.3) is 0 Å². The fourth-order valence-corrected chi connectivity index (χ4v) is 3.66. The molecule has 0 fully saturated rings. The van der Waals surface area contributed by atoms with Gasteiger partial charge in [0.1, 0.15) is 0 Å². The van der Waals surface area contributed by atoms with E-state index >= 15 is 0 Å². The average Bonchev–Trinajstić information content (AvgIpc) is 3.15. The summed E-state index contributed by atoms with van der Waals surface area (Å²) >= 11 is 0. The van der Waals surface area contributed by atoms with Crippen LogP contribution in [0.15, 0.2) is 92.1 Å². The molecule has 2 aromatic carbocycles. The van der Waals surface area contributed by atoms with Crippen molar-refractivity contribution in [2.24, 2.45) is 0 Å². The molecule has 0 spiro atoms. The van der Waals surface area contributed by atoms with Crippen molar-refractivity contribution in [2.45, 2.75) is 182 Å². The molecular formula is C49H90. The van der Waals surface area contributed by atoms with Crippen molar-refractivity contribution in [3.63, 3.8) is 0 Å². The molecule has 0 bridgehead atoms. The second-order valence-electron chi connectivity index (χ2n) is 10.4. The Morgan fingerprint density at radius 3 is 1.22 bits per heavy atom. The van der Waals surface area contributed by atoms with Gasteiger partial charge in [-0.1, -0.05) is 233 Å². The summed E-state index contributed by atoms with van der Waals surface area (Å²) in [5.41, 5.74) is 10.7. The Labute approximate surface area is 313 Å². The molecule has 0 aliphatic heterocycles. The van der Waals surface area contributed by atoms with E-state index in [9.17, 15) is 0 Å². The summed E-state index contributed by atoms with van der Waals surface area (Å²) < 4.78 is 0. The second kappa shape index (κ2) is 52.0. The van der Waals surface area contributed by atoms with E-state index in [1.54, 1.807) is 0 Å². The van der Waals surface area contributed by atoms with Gasteiger partial charge in [0.15, 0.2) is 0 Å². The Bertz CT molecular complexity index is 973. The monoisotopic (exact) mass is 679 g/mol. The Morgan fingerprint density at radius 1 is 0.551 bits per heavy atom. The smallest absolute Gasteiger partial charge is 0.00699 e. The number of rotatable bonds is 12. The van der Waals surface area contributed by atoms with Crippen molar-refractivity contribution in [3.8, 4) is 11.1 Å². The van der Waals surface area contributed by atoms with Gasteiger partial charge in [-0.2, -0.15) is 0 Å². The number of hydrogen-bond acceptors (Lipinski definition) is 0. The largest absolute Gasteiger partial charge is 0.106 e. The Balaban J connectivity index is -0.000000122. The van der Waals surface area contributed by atoms with Crippen LogP contribution in [0.2, 0.25) is 0 Å². The first-order chi connectivity index (χ1) is 23.6. The molecule has 0 aromatic heterocycles. The summed E-state index contributed by atoms with van der Waals surface area (Å²) in [6, 6.07) is 15.2. The van der Waals surface area contributed by atoms with Gasteiger partial charge >= 0.3 is 0 Å². The molecule has 0 aliphatic carbocycles. The molecule has 0 unspecified atom stereocenters. The second-order valence-corrected chi connectivity index (χ2v) is 10.4. The van der Waals surface area contributed by atoms with Gasteiger partial charge in [-0.15, -0.1) is 13.2 Å². The van der Waals surface area contributed by atoms with Gasteiger partial charge in [0.2, 0.25) is 0 Å². The lowest BCUT2D eigenvalue weighted by Crippen LogP contribution is -1.90. The number of hydrogen-bond donors (Lipinski definition) is 0. The minimum atomic E-state index is 0.874. The summed E-state index contributed by atoms with van der Waals surface area (Å²) in [7, 11) is 0. The molecule has 0 N–H and O–H groups in total. The number of allylic oxidation sites excluding steroid dienone is 4. The van der Waals surface area contributed by atoms with Gasteiger partial charge in [0.05, 0.1) is 0 Å². The highest BCUT2D eigenvalue weighted by Gasteiger charge is 2.05. The Morgan fingerprint density at radius 2 is 0.939 bits per heavy atom. The van der Waals surface area contributed by atoms with Crippen LogP contribution < -0.4 is 0 Å². The van der Waals surface area contributed by atoms with Gasteiger partial charge in [0, 0.05) is 0 Å². The van der Waals surface area contributed by atoms with E-state index in [2.05, 4.69) is 130 Å². The molecule has 0 heteroatoms. The van der Waals surface area contributed by atoms with E-state index < -0.39 is 0 Å². The molecule has 0 heterocycles. The average molecular weight is 679 g/mol. The lowest BCUT2D eigenvalue weighted by atomic mass is 9.94. The van der Waals surface area contributed by atoms with Gasteiger partial charge in [-0.3, -0.25) is 0 Å². The molecule has 0 amide bonds. The molecule has 2 rings (SSSR count). The standard InChI is InChI=1S/C25H28.C8H18.C4H10.5C2H6.C2H4/c1-17(2)14-25(19(5)6)16-23-12-13-24(15-20(23)7)22-10-8-21(9-11-22)18(3)4;1-3-5-7-8-6-4-2;1-3-4-2;6*1-2/h8-13,15-16H,1,3,5,14H2,2,4,6-7H3;3-8H2,1-2H3;3-4H2,1-2H3;5*1-2H3;1-2H2/b25-16+;;;;;;;;. The highest BCUT2D eigenvalue weighted by atomic mass is 14.1. The first-order valence-corrected chi connectivity index (χ1v) is 20.0. The Kier molecular flexibility index (Phi) is 65.1. The van der Waals surface area contributed by atoms with Gasteiger partial charge in [-0.05, 0) is 67.5 Å². The summed E-state index contributed by atoms with van der Waals surface area (Å²) in [6.07, 6.45) is 14.2. The van der Waals surface area contributed by atoms with E-state index in [1.165, 1.54) is 84.8 Å². The van der Waals surface area contributed by atoms with Crippen molar-refractivity contribution >= 4 is 11.6 Å². The van der Waals surface area contributed by atoms with Crippen LogP contribution in [-0.4, -0.2) is 0 Å². The first-order valence-electron chi connectivity index (χ1n) is 20.0. The molecule has 49 heavy (non-hydrogen) atoms. The number of aryl methyl sites for hydroxylation is 1. The van der Waals surface area contributed by atoms with E-state index in [4.69, 9.17) is 0 Å². The van der Waals surface area contributed by atoms with Crippen LogP contribution in [-0.2, 0) is 0 Å². The lowest BCUT2D eigenvalue weighted by Gasteiger charge is -2.11. The topological polar surface area (TPSA) is 0 Å². The van der Waals surface area contributed by atoms with Crippen molar-refractivity contribution in [2.75, 3.05) is 0 Å². The maximum Gasteiger partial charge on any atom is -0.00699 e. The zero-order valence-corrected chi connectivity index (χ0v) is 37.0. The third-order valence-electron chi connectivity index (χ3n) is 6.31. The maximum absolute atomic E-state index is 4.11. The van der Waals surface area contributed by atoms with Gasteiger partial charge < -0.3 is 0 Å². The molecule has 2 aromatic rings. The predicted molar refractivity (Wildman–Crippen MR) is 241 cm³/mol. The minimum Gasteiger partial charge on any atom is -0.106 e. The Hall–Kier alpha value is -2.86. The van der Waals surface area contributed by atoms with E-state index in [1.807, 2.05) is 76.2 Å². The molecular weight excluding hydrogens is 589 g/mol. The van der Waals surface area contributed by atoms with Crippen LogP contribution in [0, 0.1) is 6.92 Å². The predicted octanol–water partition coefficient (Wildman–Crippen LogP) is 18.7. The highest BCUT2D eigenvalue weighted by Crippen LogP contribution is 2.27. The van der Waals surface area contributed by atoms with Crippen molar-refractivity contribution < 1.29 is 0 Å². The molecule has 286 valence electrons. The molecule has 0 radical (unpaired) electrons. The van der Waals surface area contributed by atoms with Crippen LogP contribution >= 0.6 is 0 Å². The number of unbranched alkanes of at least 4 members (excludes halogenated alkanes) is 6. The molecule has 0 saturated carbocycles. The zero-order valence-electron chi connectivity index (χ0n) is 37.0. The quantitative estimate of drug-likeness (QED) is 0.119. The van der Waals surface area contributed by atoms with E-state index in [-0.39, 0.29) is 0 Å². The van der Waals surface area contributed by atoms with E-state index in [0.717, 1.165) is 23.1 Å². The number of benzene rings is 2. The summed E-state index contributed by atoms with van der Waals surface area (Å²) in [5, 5.41) is 0. The van der Waals surface area contributed by atoms with Crippen LogP contribution in [0.3, 0.4) is 0 Å². The SMILES string of the molecule is C=C.C=C(C)C/C(=C\c1ccc(-c2ccc(C(=C)C)cc2)cc1C)C(=C)C.CC.CC.CC.CC.CC.CCCC.CCCCCCCC. The van der Waals surface area contributed by atoms with Crippen LogP contribution in [0.25, 0.3) is 22.8 Å². The maximum atomic E-state index is 4.11. The van der Waals surface area contributed by atoms with Crippen molar-refractivity contribution in [1.82, 2.24) is 0 Å². The summed E-state index contributed by atoms with van der Waals surface area (Å²) in [5.74, 6) is 0. The van der Waals surface area contributed by atoms with Crippen molar-refractivity contribution in [1.29, 1.82) is 0 Å². The molecule has 0 atom stereocenters. The van der Waals surface area contributed by atoms with Crippen LogP contribution in [0.1, 0.15) is 192 Å². The molecule has 0 nitrogen and oxygen atoms in total.